The van der Waals surface area contributed by atoms with Gasteiger partial charge in [-0.15, -0.1) is 11.3 Å². The van der Waals surface area contributed by atoms with E-state index in [0.29, 0.717) is 5.92 Å². The Morgan fingerprint density at radius 1 is 1.00 bits per heavy atom. The van der Waals surface area contributed by atoms with Crippen LogP contribution in [0.3, 0.4) is 0 Å². The maximum atomic E-state index is 2.30. The molecule has 1 nitrogen and oxygen atoms in total. The highest BCUT2D eigenvalue weighted by Gasteiger charge is 2.23. The first-order valence-corrected chi connectivity index (χ1v) is 8.54. The van der Waals surface area contributed by atoms with Gasteiger partial charge in [0, 0.05) is 16.8 Å². The summed E-state index contributed by atoms with van der Waals surface area (Å²) in [6.07, 6.45) is 4.53. The molecule has 2 aromatic heterocycles. The number of benzene rings is 1. The molecule has 3 rings (SSSR count). The van der Waals surface area contributed by atoms with Crippen molar-refractivity contribution in [2.45, 2.75) is 32.6 Å². The zero-order valence-electron chi connectivity index (χ0n) is 13.0. The Balaban J connectivity index is 2.31. The molecule has 1 aromatic carbocycles. The number of hydrogen-bond donors (Lipinski definition) is 0. The second-order valence-electron chi connectivity index (χ2n) is 5.55. The Hall–Kier alpha value is -1.67. The number of rotatable bonds is 4. The van der Waals surface area contributed by atoms with Crippen LogP contribution in [0.15, 0.2) is 48.7 Å². The van der Waals surface area contributed by atoms with Crippen LogP contribution in [0.25, 0.3) is 20.7 Å². The minimum atomic E-state index is 0.636. The smallest absolute Gasteiger partial charge is 0.200 e. The van der Waals surface area contributed by atoms with Crippen molar-refractivity contribution in [3.8, 4) is 10.6 Å². The highest BCUT2D eigenvalue weighted by Crippen LogP contribution is 2.43. The predicted molar refractivity (Wildman–Crippen MR) is 91.8 cm³/mol. The summed E-state index contributed by atoms with van der Waals surface area (Å²) in [6, 6.07) is 15.3. The molecule has 0 N–H and O–H groups in total. The molecule has 2 heteroatoms. The maximum Gasteiger partial charge on any atom is 0.222 e. The number of aromatic nitrogens is 1. The number of thiophene rings is 1. The topological polar surface area (TPSA) is 3.88 Å². The lowest BCUT2D eigenvalue weighted by Gasteiger charge is -2.14. The number of hydrogen-bond acceptors (Lipinski definition) is 1. The molecule has 0 amide bonds. The Kier molecular flexibility index (Phi) is 4.07. The third-order valence-corrected chi connectivity index (χ3v) is 5.52. The molecular formula is C19H22NS+. The summed E-state index contributed by atoms with van der Waals surface area (Å²) in [6.45, 7) is 4.60. The summed E-state index contributed by atoms with van der Waals surface area (Å²) < 4.78 is 3.63. The molecule has 21 heavy (non-hydrogen) atoms. The van der Waals surface area contributed by atoms with Crippen LogP contribution in [-0.2, 0) is 7.05 Å². The fraction of sp³-hybridized carbons (Fsp3) is 0.316. The summed E-state index contributed by atoms with van der Waals surface area (Å²) in [5.74, 6) is 0.636. The van der Waals surface area contributed by atoms with E-state index in [2.05, 4.69) is 74.1 Å². The van der Waals surface area contributed by atoms with Crippen LogP contribution in [0, 0.1) is 0 Å². The fourth-order valence-corrected chi connectivity index (χ4v) is 4.47. The third kappa shape index (κ3) is 2.49. The van der Waals surface area contributed by atoms with E-state index in [-0.39, 0.29) is 0 Å². The quantitative estimate of drug-likeness (QED) is 0.575. The van der Waals surface area contributed by atoms with Crippen molar-refractivity contribution in [2.24, 2.45) is 7.05 Å². The molecule has 3 aromatic rings. The van der Waals surface area contributed by atoms with Crippen LogP contribution in [0.4, 0.5) is 0 Å². The Bertz CT molecular complexity index is 753. The van der Waals surface area contributed by atoms with Crippen molar-refractivity contribution in [3.63, 3.8) is 0 Å². The highest BCUT2D eigenvalue weighted by molar-refractivity contribution is 7.22. The average Bonchev–Trinajstić information content (AvgIpc) is 2.89. The van der Waals surface area contributed by atoms with Crippen LogP contribution >= 0.6 is 11.3 Å². The largest absolute Gasteiger partial charge is 0.222 e. The average molecular weight is 296 g/mol. The first-order valence-electron chi connectivity index (χ1n) is 7.72. The minimum absolute atomic E-state index is 0.636. The molecule has 0 unspecified atom stereocenters. The fourth-order valence-electron chi connectivity index (χ4n) is 3.12. The lowest BCUT2D eigenvalue weighted by Crippen LogP contribution is -2.29. The Labute approximate surface area is 130 Å². The van der Waals surface area contributed by atoms with Gasteiger partial charge in [-0.25, -0.2) is 4.57 Å². The zero-order chi connectivity index (χ0) is 14.8. The van der Waals surface area contributed by atoms with Crippen LogP contribution in [0.1, 0.15) is 38.2 Å². The normalized spacial score (nSPS) is 11.4. The van der Waals surface area contributed by atoms with Gasteiger partial charge in [0.05, 0.1) is 0 Å². The molecule has 0 aliphatic heterocycles. The van der Waals surface area contributed by atoms with Crippen LogP contribution in [0.2, 0.25) is 0 Å². The molecule has 0 aliphatic rings. The zero-order valence-corrected chi connectivity index (χ0v) is 13.8. The molecule has 0 spiro atoms. The molecule has 0 fully saturated rings. The van der Waals surface area contributed by atoms with Gasteiger partial charge in [-0.1, -0.05) is 32.0 Å². The molecule has 0 atom stereocenters. The summed E-state index contributed by atoms with van der Waals surface area (Å²) in [5, 5.41) is 1.44. The number of nitrogens with zero attached hydrogens (tertiary/aromatic N) is 1. The maximum absolute atomic E-state index is 2.30. The molecule has 108 valence electrons. The first-order chi connectivity index (χ1) is 10.3. The Morgan fingerprint density at radius 3 is 2.43 bits per heavy atom. The highest BCUT2D eigenvalue weighted by atomic mass is 32.1. The van der Waals surface area contributed by atoms with Gasteiger partial charge in [0.25, 0.3) is 0 Å². The lowest BCUT2D eigenvalue weighted by molar-refractivity contribution is -0.660. The summed E-state index contributed by atoms with van der Waals surface area (Å²) >= 11 is 1.93. The summed E-state index contributed by atoms with van der Waals surface area (Å²) in [4.78, 5) is 1.44. The van der Waals surface area contributed by atoms with E-state index in [0.717, 1.165) is 0 Å². The van der Waals surface area contributed by atoms with E-state index < -0.39 is 0 Å². The molecular weight excluding hydrogens is 274 g/mol. The second-order valence-corrected chi connectivity index (χ2v) is 6.60. The minimum Gasteiger partial charge on any atom is -0.200 e. The van der Waals surface area contributed by atoms with Gasteiger partial charge in [0.15, 0.2) is 6.20 Å². The number of fused-ring (bicyclic) bond motifs is 1. The van der Waals surface area contributed by atoms with Crippen LogP contribution in [0.5, 0.6) is 0 Å². The van der Waals surface area contributed by atoms with Crippen molar-refractivity contribution >= 4 is 21.4 Å². The van der Waals surface area contributed by atoms with Gasteiger partial charge in [0.2, 0.25) is 5.69 Å². The second kappa shape index (κ2) is 5.98. The van der Waals surface area contributed by atoms with Crippen molar-refractivity contribution in [1.29, 1.82) is 0 Å². The molecule has 0 saturated carbocycles. The number of aryl methyl sites for hydroxylation is 1. The molecule has 2 heterocycles. The lowest BCUT2D eigenvalue weighted by atomic mass is 9.90. The van der Waals surface area contributed by atoms with Crippen LogP contribution < -0.4 is 4.57 Å². The molecule has 0 aliphatic carbocycles. The third-order valence-electron chi connectivity index (χ3n) is 4.32. The molecule has 0 saturated heterocycles. The van der Waals surface area contributed by atoms with E-state index in [9.17, 15) is 0 Å². The molecule has 0 radical (unpaired) electrons. The monoisotopic (exact) mass is 296 g/mol. The van der Waals surface area contributed by atoms with Crippen molar-refractivity contribution < 1.29 is 4.57 Å². The van der Waals surface area contributed by atoms with Gasteiger partial charge in [0.1, 0.15) is 11.9 Å². The standard InChI is InChI=1S/C19H22NS/c1-4-14(5-2)18-15-10-6-7-12-17(15)21-19(18)16-11-8-9-13-20(16)3/h6-14H,4-5H2,1-3H3/q+1. The van der Waals surface area contributed by atoms with Gasteiger partial charge >= 0.3 is 0 Å². The van der Waals surface area contributed by atoms with E-state index in [4.69, 9.17) is 0 Å². The summed E-state index contributed by atoms with van der Waals surface area (Å²) in [7, 11) is 2.14. The summed E-state index contributed by atoms with van der Waals surface area (Å²) in [5.41, 5.74) is 2.86. The Morgan fingerprint density at radius 2 is 1.71 bits per heavy atom. The van der Waals surface area contributed by atoms with E-state index in [1.807, 2.05) is 11.3 Å². The van der Waals surface area contributed by atoms with Crippen LogP contribution in [-0.4, -0.2) is 0 Å². The van der Waals surface area contributed by atoms with Gasteiger partial charge in [-0.3, -0.25) is 0 Å². The number of pyridine rings is 1. The van der Waals surface area contributed by atoms with Crippen molar-refractivity contribution in [3.05, 3.63) is 54.2 Å². The van der Waals surface area contributed by atoms with Gasteiger partial charge in [-0.2, -0.15) is 0 Å². The van der Waals surface area contributed by atoms with Gasteiger partial charge in [-0.05, 0) is 41.8 Å². The predicted octanol–water partition coefficient (Wildman–Crippen LogP) is 5.30. The first kappa shape index (κ1) is 14.3. The van der Waals surface area contributed by atoms with Gasteiger partial charge < -0.3 is 0 Å². The van der Waals surface area contributed by atoms with E-state index >= 15 is 0 Å². The van der Waals surface area contributed by atoms with Crippen molar-refractivity contribution in [1.82, 2.24) is 0 Å². The molecule has 0 bridgehead atoms. The van der Waals surface area contributed by atoms with E-state index in [1.54, 1.807) is 5.56 Å². The van der Waals surface area contributed by atoms with E-state index in [1.165, 1.54) is 33.5 Å². The van der Waals surface area contributed by atoms with Crippen molar-refractivity contribution in [2.75, 3.05) is 0 Å². The SMILES string of the molecule is CCC(CC)c1c(-c2cccc[n+]2C)sc2ccccc12.